The third-order valence-electron chi connectivity index (χ3n) is 4.97. The summed E-state index contributed by atoms with van der Waals surface area (Å²) < 4.78 is 16.3. The number of esters is 1. The van der Waals surface area contributed by atoms with Crippen molar-refractivity contribution in [1.29, 1.82) is 0 Å². The monoisotopic (exact) mass is 421 g/mol. The number of amides is 1. The molecule has 0 atom stereocenters. The highest BCUT2D eigenvalue weighted by atomic mass is 16.5. The second-order valence-electron chi connectivity index (χ2n) is 7.00. The number of rotatable bonds is 9. The number of nitrogens with zero attached hydrogens (tertiary/aromatic N) is 1. The molecule has 2 aromatic carbocycles. The summed E-state index contributed by atoms with van der Waals surface area (Å²) in [6, 6.07) is 17.3. The van der Waals surface area contributed by atoms with Crippen molar-refractivity contribution >= 4 is 18.0 Å². The van der Waals surface area contributed by atoms with Gasteiger partial charge in [0.15, 0.2) is 0 Å². The molecule has 0 aliphatic carbocycles. The molecule has 0 unspecified atom stereocenters. The van der Waals surface area contributed by atoms with Crippen molar-refractivity contribution < 1.29 is 23.8 Å². The van der Waals surface area contributed by atoms with Crippen molar-refractivity contribution in [2.45, 2.75) is 20.5 Å². The van der Waals surface area contributed by atoms with Crippen LogP contribution < -0.4 is 4.74 Å². The maximum Gasteiger partial charge on any atom is 0.340 e. The summed E-state index contributed by atoms with van der Waals surface area (Å²) in [5, 5.41) is 0. The average Bonchev–Trinajstić information content (AvgIpc) is 3.01. The van der Waals surface area contributed by atoms with E-state index in [2.05, 4.69) is 0 Å². The van der Waals surface area contributed by atoms with Crippen molar-refractivity contribution in [2.24, 2.45) is 0 Å². The number of methoxy groups -OCH3 is 1. The number of carbonyl (C=O) groups is 2. The molecule has 1 aliphatic rings. The van der Waals surface area contributed by atoms with Crippen LogP contribution in [-0.4, -0.2) is 43.6 Å². The first-order valence-corrected chi connectivity index (χ1v) is 10.2. The minimum Gasteiger partial charge on any atom is -0.488 e. The Labute approximate surface area is 182 Å². The van der Waals surface area contributed by atoms with Gasteiger partial charge in [-0.2, -0.15) is 0 Å². The molecule has 0 spiro atoms. The molecule has 6 nitrogen and oxygen atoms in total. The van der Waals surface area contributed by atoms with Crippen LogP contribution in [0.3, 0.4) is 0 Å². The van der Waals surface area contributed by atoms with E-state index in [0.29, 0.717) is 42.3 Å². The summed E-state index contributed by atoms with van der Waals surface area (Å²) in [5.74, 6) is -0.138. The van der Waals surface area contributed by atoms with Gasteiger partial charge in [0.1, 0.15) is 12.4 Å². The lowest BCUT2D eigenvalue weighted by Crippen LogP contribution is -2.28. The summed E-state index contributed by atoms with van der Waals surface area (Å²) >= 11 is 0. The van der Waals surface area contributed by atoms with E-state index in [1.807, 2.05) is 54.6 Å². The Bertz CT molecular complexity index is 994. The average molecular weight is 421 g/mol. The summed E-state index contributed by atoms with van der Waals surface area (Å²) in [6.07, 6.45) is 1.70. The van der Waals surface area contributed by atoms with Gasteiger partial charge in [-0.25, -0.2) is 4.79 Å². The fourth-order valence-electron chi connectivity index (χ4n) is 3.40. The quantitative estimate of drug-likeness (QED) is 0.453. The Morgan fingerprint density at radius 1 is 1.06 bits per heavy atom. The van der Waals surface area contributed by atoms with Crippen LogP contribution in [0.25, 0.3) is 6.08 Å². The number of allylic oxidation sites excluding steroid dienone is 1. The SMILES string of the molecule is CCOC(=O)C1=C(C)N(CCOC)C(=O)/C1=C\c1ccccc1OCc1ccccc1. The van der Waals surface area contributed by atoms with Crippen LogP contribution in [-0.2, 0) is 25.7 Å². The Balaban J connectivity index is 1.95. The van der Waals surface area contributed by atoms with Gasteiger partial charge in [-0.05, 0) is 31.6 Å². The molecule has 0 N–H and O–H groups in total. The number of hydrogen-bond acceptors (Lipinski definition) is 5. The van der Waals surface area contributed by atoms with Crippen LogP contribution >= 0.6 is 0 Å². The zero-order valence-electron chi connectivity index (χ0n) is 18.1. The van der Waals surface area contributed by atoms with E-state index in [1.54, 1.807) is 31.9 Å². The van der Waals surface area contributed by atoms with Gasteiger partial charge in [0.2, 0.25) is 0 Å². The molecule has 31 heavy (non-hydrogen) atoms. The summed E-state index contributed by atoms with van der Waals surface area (Å²) in [5.41, 5.74) is 2.89. The highest BCUT2D eigenvalue weighted by Gasteiger charge is 2.37. The second-order valence-corrected chi connectivity index (χ2v) is 7.00. The topological polar surface area (TPSA) is 65.1 Å². The van der Waals surface area contributed by atoms with Gasteiger partial charge in [0, 0.05) is 24.9 Å². The maximum atomic E-state index is 13.1. The number of hydrogen-bond donors (Lipinski definition) is 0. The van der Waals surface area contributed by atoms with E-state index < -0.39 is 5.97 Å². The van der Waals surface area contributed by atoms with Gasteiger partial charge in [-0.3, -0.25) is 4.79 Å². The fraction of sp³-hybridized carbons (Fsp3) is 0.280. The number of ether oxygens (including phenoxy) is 3. The Hall–Kier alpha value is -3.38. The van der Waals surface area contributed by atoms with Crippen LogP contribution in [0, 0.1) is 0 Å². The lowest BCUT2D eigenvalue weighted by atomic mass is 10.0. The van der Waals surface area contributed by atoms with E-state index in [-0.39, 0.29) is 18.1 Å². The summed E-state index contributed by atoms with van der Waals surface area (Å²) in [6.45, 7) is 4.83. The van der Waals surface area contributed by atoms with Crippen LogP contribution in [0.4, 0.5) is 0 Å². The zero-order chi connectivity index (χ0) is 22.2. The molecule has 0 fully saturated rings. The number of benzene rings is 2. The second kappa shape index (κ2) is 10.6. The summed E-state index contributed by atoms with van der Waals surface area (Å²) in [7, 11) is 1.57. The minimum atomic E-state index is -0.512. The lowest BCUT2D eigenvalue weighted by Gasteiger charge is -2.17. The molecule has 1 heterocycles. The lowest BCUT2D eigenvalue weighted by molar-refractivity contribution is -0.138. The third-order valence-corrected chi connectivity index (χ3v) is 4.97. The van der Waals surface area contributed by atoms with Crippen molar-refractivity contribution in [3.8, 4) is 5.75 Å². The van der Waals surface area contributed by atoms with E-state index in [4.69, 9.17) is 14.2 Å². The largest absolute Gasteiger partial charge is 0.488 e. The minimum absolute atomic E-state index is 0.228. The fourth-order valence-corrected chi connectivity index (χ4v) is 3.40. The third kappa shape index (κ3) is 5.22. The predicted molar refractivity (Wildman–Crippen MR) is 118 cm³/mol. The van der Waals surface area contributed by atoms with Gasteiger partial charge in [0.05, 0.1) is 24.4 Å². The molecule has 0 bridgehead atoms. The van der Waals surface area contributed by atoms with Crippen LogP contribution in [0.5, 0.6) is 5.75 Å². The molecule has 162 valence electrons. The molecule has 0 saturated carbocycles. The van der Waals surface area contributed by atoms with E-state index in [9.17, 15) is 9.59 Å². The van der Waals surface area contributed by atoms with Gasteiger partial charge in [-0.1, -0.05) is 48.5 Å². The van der Waals surface area contributed by atoms with E-state index in [1.165, 1.54) is 0 Å². The summed E-state index contributed by atoms with van der Waals surface area (Å²) in [4.78, 5) is 27.4. The molecule has 0 aromatic heterocycles. The van der Waals surface area contributed by atoms with Crippen molar-refractivity contribution in [2.75, 3.05) is 26.9 Å². The first kappa shape index (κ1) is 22.3. The first-order chi connectivity index (χ1) is 15.1. The van der Waals surface area contributed by atoms with E-state index in [0.717, 1.165) is 5.56 Å². The molecular formula is C25H27NO5. The number of para-hydroxylation sites is 1. The molecular weight excluding hydrogens is 394 g/mol. The normalized spacial score (nSPS) is 15.0. The highest BCUT2D eigenvalue weighted by molar-refractivity contribution is 6.16. The smallest absolute Gasteiger partial charge is 0.340 e. The number of carbonyl (C=O) groups excluding carboxylic acids is 2. The molecule has 0 saturated heterocycles. The molecule has 3 rings (SSSR count). The Morgan fingerprint density at radius 3 is 2.48 bits per heavy atom. The standard InChI is InChI=1S/C25H27NO5/c1-4-30-25(28)23-18(2)26(14-15-29-3)24(27)21(23)16-20-12-8-9-13-22(20)31-17-19-10-6-5-7-11-19/h5-13,16H,4,14-15,17H2,1-3H3/b21-16-. The van der Waals surface area contributed by atoms with Crippen molar-refractivity contribution in [3.63, 3.8) is 0 Å². The van der Waals surface area contributed by atoms with Crippen molar-refractivity contribution in [1.82, 2.24) is 4.90 Å². The Kier molecular flexibility index (Phi) is 7.62. The van der Waals surface area contributed by atoms with Crippen LogP contribution in [0.15, 0.2) is 71.4 Å². The van der Waals surface area contributed by atoms with Crippen molar-refractivity contribution in [3.05, 3.63) is 82.6 Å². The van der Waals surface area contributed by atoms with Crippen LogP contribution in [0.2, 0.25) is 0 Å². The molecule has 1 amide bonds. The van der Waals surface area contributed by atoms with Crippen LogP contribution in [0.1, 0.15) is 25.0 Å². The van der Waals surface area contributed by atoms with Gasteiger partial charge < -0.3 is 19.1 Å². The van der Waals surface area contributed by atoms with E-state index >= 15 is 0 Å². The van der Waals surface area contributed by atoms with Gasteiger partial charge >= 0.3 is 5.97 Å². The molecule has 1 aliphatic heterocycles. The molecule has 2 aromatic rings. The van der Waals surface area contributed by atoms with Gasteiger partial charge in [0.25, 0.3) is 5.91 Å². The molecule has 6 heteroatoms. The first-order valence-electron chi connectivity index (χ1n) is 10.2. The Morgan fingerprint density at radius 2 is 1.77 bits per heavy atom. The predicted octanol–water partition coefficient (Wildman–Crippen LogP) is 3.97. The zero-order valence-corrected chi connectivity index (χ0v) is 18.1. The highest BCUT2D eigenvalue weighted by Crippen LogP contribution is 2.33. The maximum absolute atomic E-state index is 13.1. The molecule has 0 radical (unpaired) electrons. The van der Waals surface area contributed by atoms with Gasteiger partial charge in [-0.15, -0.1) is 0 Å².